The predicted molar refractivity (Wildman–Crippen MR) is 91.0 cm³/mol. The first-order chi connectivity index (χ1) is 11.6. The van der Waals surface area contributed by atoms with E-state index < -0.39 is 5.97 Å². The highest BCUT2D eigenvalue weighted by Gasteiger charge is 2.05. The molecule has 0 aliphatic heterocycles. The number of carbonyl (C=O) groups excluding carboxylic acids is 1. The molecule has 126 valence electrons. The molecule has 1 amide bonds. The second-order valence-corrected chi connectivity index (χ2v) is 5.53. The Morgan fingerprint density at radius 3 is 2.42 bits per heavy atom. The summed E-state index contributed by atoms with van der Waals surface area (Å²) in [5, 5.41) is 11.7. The van der Waals surface area contributed by atoms with Crippen LogP contribution in [0.25, 0.3) is 0 Å². The van der Waals surface area contributed by atoms with Crippen LogP contribution in [-0.2, 0) is 29.0 Å². The van der Waals surface area contributed by atoms with E-state index in [2.05, 4.69) is 5.32 Å². The van der Waals surface area contributed by atoms with Gasteiger partial charge in [-0.3, -0.25) is 4.79 Å². The van der Waals surface area contributed by atoms with Gasteiger partial charge in [0.15, 0.2) is 0 Å². The molecule has 0 atom stereocenters. The predicted octanol–water partition coefficient (Wildman–Crippen LogP) is 2.43. The standard InChI is InChI=1S/C19H21NO4/c1-24-13-16-4-2-3-15(11-16)12-18(21)20-10-9-14-5-7-17(8-6-14)19(22)23/h2-8,11H,9-10,12-13H2,1H3,(H,20,21)(H,22,23). The largest absolute Gasteiger partial charge is 0.478 e. The van der Waals surface area contributed by atoms with Gasteiger partial charge in [0.2, 0.25) is 5.91 Å². The quantitative estimate of drug-likeness (QED) is 0.781. The molecule has 2 aromatic carbocycles. The molecule has 24 heavy (non-hydrogen) atoms. The highest BCUT2D eigenvalue weighted by Crippen LogP contribution is 2.08. The molecule has 0 heterocycles. The Bertz CT molecular complexity index is 695. The maximum Gasteiger partial charge on any atom is 0.335 e. The molecule has 2 rings (SSSR count). The molecule has 5 heteroatoms. The van der Waals surface area contributed by atoms with Crippen LogP contribution in [0.2, 0.25) is 0 Å². The third-order valence-corrected chi connectivity index (χ3v) is 3.60. The van der Waals surface area contributed by atoms with Crippen molar-refractivity contribution in [2.24, 2.45) is 0 Å². The Hall–Kier alpha value is -2.66. The van der Waals surface area contributed by atoms with Crippen LogP contribution in [0.4, 0.5) is 0 Å². The fourth-order valence-corrected chi connectivity index (χ4v) is 2.40. The lowest BCUT2D eigenvalue weighted by molar-refractivity contribution is -0.120. The van der Waals surface area contributed by atoms with Gasteiger partial charge in [0.05, 0.1) is 18.6 Å². The zero-order chi connectivity index (χ0) is 17.4. The zero-order valence-corrected chi connectivity index (χ0v) is 13.6. The van der Waals surface area contributed by atoms with Crippen molar-refractivity contribution in [3.05, 3.63) is 70.8 Å². The molecule has 0 saturated heterocycles. The minimum absolute atomic E-state index is 0.0354. The van der Waals surface area contributed by atoms with Crippen LogP contribution >= 0.6 is 0 Å². The van der Waals surface area contributed by atoms with Gasteiger partial charge in [0, 0.05) is 13.7 Å². The fourth-order valence-electron chi connectivity index (χ4n) is 2.40. The first kappa shape index (κ1) is 17.7. The number of hydrogen-bond donors (Lipinski definition) is 2. The van der Waals surface area contributed by atoms with Crippen molar-refractivity contribution >= 4 is 11.9 Å². The van der Waals surface area contributed by atoms with E-state index in [4.69, 9.17) is 9.84 Å². The average Bonchev–Trinajstić information content (AvgIpc) is 2.56. The van der Waals surface area contributed by atoms with Gasteiger partial charge in [-0.1, -0.05) is 36.4 Å². The van der Waals surface area contributed by atoms with E-state index in [1.807, 2.05) is 24.3 Å². The number of ether oxygens (including phenoxy) is 1. The highest BCUT2D eigenvalue weighted by molar-refractivity contribution is 5.87. The SMILES string of the molecule is COCc1cccc(CC(=O)NCCc2ccc(C(=O)O)cc2)c1. The molecule has 0 aliphatic carbocycles. The van der Waals surface area contributed by atoms with Crippen molar-refractivity contribution in [3.63, 3.8) is 0 Å². The number of rotatable bonds is 8. The van der Waals surface area contributed by atoms with Crippen molar-refractivity contribution in [1.82, 2.24) is 5.32 Å². The van der Waals surface area contributed by atoms with E-state index in [0.29, 0.717) is 26.0 Å². The van der Waals surface area contributed by atoms with Gasteiger partial charge in [-0.05, 0) is 35.2 Å². The van der Waals surface area contributed by atoms with Gasteiger partial charge < -0.3 is 15.2 Å². The second kappa shape index (κ2) is 8.84. The summed E-state index contributed by atoms with van der Waals surface area (Å²) < 4.78 is 5.09. The van der Waals surface area contributed by atoms with E-state index >= 15 is 0 Å². The van der Waals surface area contributed by atoms with Crippen molar-refractivity contribution in [2.45, 2.75) is 19.4 Å². The van der Waals surface area contributed by atoms with Gasteiger partial charge in [0.25, 0.3) is 0 Å². The van der Waals surface area contributed by atoms with Crippen LogP contribution < -0.4 is 5.32 Å². The Balaban J connectivity index is 1.78. The van der Waals surface area contributed by atoms with Crippen LogP contribution in [0.5, 0.6) is 0 Å². The summed E-state index contributed by atoms with van der Waals surface area (Å²) in [4.78, 5) is 22.8. The molecule has 0 aromatic heterocycles. The van der Waals surface area contributed by atoms with Crippen LogP contribution in [0.15, 0.2) is 48.5 Å². The highest BCUT2D eigenvalue weighted by atomic mass is 16.5. The van der Waals surface area contributed by atoms with Crippen molar-refractivity contribution in [2.75, 3.05) is 13.7 Å². The third-order valence-electron chi connectivity index (χ3n) is 3.60. The van der Waals surface area contributed by atoms with Gasteiger partial charge in [-0.15, -0.1) is 0 Å². The molecule has 0 saturated carbocycles. The smallest absolute Gasteiger partial charge is 0.335 e. The Labute approximate surface area is 141 Å². The summed E-state index contributed by atoms with van der Waals surface area (Å²) in [6, 6.07) is 14.4. The molecule has 2 aromatic rings. The zero-order valence-electron chi connectivity index (χ0n) is 13.6. The number of aromatic carboxylic acids is 1. The monoisotopic (exact) mass is 327 g/mol. The van der Waals surface area contributed by atoms with Crippen molar-refractivity contribution in [1.29, 1.82) is 0 Å². The molecule has 0 bridgehead atoms. The Kier molecular flexibility index (Phi) is 6.51. The summed E-state index contributed by atoms with van der Waals surface area (Å²) in [6.07, 6.45) is 0.991. The van der Waals surface area contributed by atoms with E-state index in [0.717, 1.165) is 16.7 Å². The van der Waals surface area contributed by atoms with Crippen LogP contribution in [0.1, 0.15) is 27.0 Å². The van der Waals surface area contributed by atoms with Gasteiger partial charge >= 0.3 is 5.97 Å². The maximum absolute atomic E-state index is 12.0. The van der Waals surface area contributed by atoms with Crippen LogP contribution in [0.3, 0.4) is 0 Å². The van der Waals surface area contributed by atoms with E-state index in [-0.39, 0.29) is 11.5 Å². The number of carbonyl (C=O) groups is 2. The lowest BCUT2D eigenvalue weighted by atomic mass is 10.1. The molecule has 0 fully saturated rings. The molecule has 0 unspecified atom stereocenters. The van der Waals surface area contributed by atoms with Crippen molar-refractivity contribution in [3.8, 4) is 0 Å². The number of carboxylic acid groups (broad SMARTS) is 1. The van der Waals surface area contributed by atoms with Crippen LogP contribution in [-0.4, -0.2) is 30.6 Å². The number of benzene rings is 2. The molecule has 5 nitrogen and oxygen atoms in total. The molecule has 0 radical (unpaired) electrons. The fraction of sp³-hybridized carbons (Fsp3) is 0.263. The number of methoxy groups -OCH3 is 1. The Morgan fingerprint density at radius 1 is 1.04 bits per heavy atom. The lowest BCUT2D eigenvalue weighted by Crippen LogP contribution is -2.27. The molecule has 2 N–H and O–H groups in total. The normalized spacial score (nSPS) is 10.4. The van der Waals surface area contributed by atoms with E-state index in [9.17, 15) is 9.59 Å². The van der Waals surface area contributed by atoms with Gasteiger partial charge in [0.1, 0.15) is 0 Å². The average molecular weight is 327 g/mol. The number of amides is 1. The summed E-state index contributed by atoms with van der Waals surface area (Å²) >= 11 is 0. The molecule has 0 spiro atoms. The summed E-state index contributed by atoms with van der Waals surface area (Å²) in [5.41, 5.74) is 3.25. The summed E-state index contributed by atoms with van der Waals surface area (Å²) in [6.45, 7) is 1.05. The molecular weight excluding hydrogens is 306 g/mol. The van der Waals surface area contributed by atoms with E-state index in [1.165, 1.54) is 0 Å². The number of nitrogens with one attached hydrogen (secondary N) is 1. The number of hydrogen-bond acceptors (Lipinski definition) is 3. The number of carboxylic acids is 1. The lowest BCUT2D eigenvalue weighted by Gasteiger charge is -2.07. The topological polar surface area (TPSA) is 75.6 Å². The first-order valence-corrected chi connectivity index (χ1v) is 7.74. The van der Waals surface area contributed by atoms with Gasteiger partial charge in [-0.2, -0.15) is 0 Å². The van der Waals surface area contributed by atoms with Gasteiger partial charge in [-0.25, -0.2) is 4.79 Å². The summed E-state index contributed by atoms with van der Waals surface area (Å²) in [5.74, 6) is -0.975. The summed E-state index contributed by atoms with van der Waals surface area (Å²) in [7, 11) is 1.64. The molecule has 0 aliphatic rings. The minimum atomic E-state index is -0.939. The van der Waals surface area contributed by atoms with E-state index in [1.54, 1.807) is 31.4 Å². The third kappa shape index (κ3) is 5.52. The molecular formula is C19H21NO4. The van der Waals surface area contributed by atoms with Crippen molar-refractivity contribution < 1.29 is 19.4 Å². The minimum Gasteiger partial charge on any atom is -0.478 e. The second-order valence-electron chi connectivity index (χ2n) is 5.53. The Morgan fingerprint density at radius 2 is 1.75 bits per heavy atom. The first-order valence-electron chi connectivity index (χ1n) is 7.74. The maximum atomic E-state index is 12.0. The van der Waals surface area contributed by atoms with Crippen LogP contribution in [0, 0.1) is 0 Å².